The molecule has 4 rings (SSSR count). The second kappa shape index (κ2) is 9.07. The highest BCUT2D eigenvalue weighted by molar-refractivity contribution is 6.01. The quantitative estimate of drug-likeness (QED) is 0.412. The topological polar surface area (TPSA) is 115 Å². The molecule has 0 aliphatic carbocycles. The SMILES string of the molecule is CC(O)CNC(=O)[C@@H](C)n1cc(-c2ccc(Oc3ccccc3)cc2)c2c(N)ncnc21. The van der Waals surface area contributed by atoms with E-state index in [1.807, 2.05) is 60.8 Å². The third-order valence-corrected chi connectivity index (χ3v) is 5.15. The molecule has 2 aromatic carbocycles. The largest absolute Gasteiger partial charge is 0.457 e. The van der Waals surface area contributed by atoms with Gasteiger partial charge in [-0.3, -0.25) is 4.79 Å². The van der Waals surface area contributed by atoms with E-state index in [1.54, 1.807) is 18.4 Å². The molecule has 1 amide bonds. The van der Waals surface area contributed by atoms with Crippen molar-refractivity contribution in [1.29, 1.82) is 0 Å². The fourth-order valence-corrected chi connectivity index (χ4v) is 3.47. The van der Waals surface area contributed by atoms with E-state index in [0.29, 0.717) is 22.6 Å². The summed E-state index contributed by atoms with van der Waals surface area (Å²) < 4.78 is 7.65. The molecule has 1 unspecified atom stereocenters. The van der Waals surface area contributed by atoms with Gasteiger partial charge in [-0.15, -0.1) is 0 Å². The number of aliphatic hydroxyl groups excluding tert-OH is 1. The molecule has 0 bridgehead atoms. The smallest absolute Gasteiger partial charge is 0.242 e. The number of ether oxygens (including phenoxy) is 1. The van der Waals surface area contributed by atoms with Gasteiger partial charge in [0.2, 0.25) is 5.91 Å². The maximum atomic E-state index is 12.6. The average molecular weight is 431 g/mol. The van der Waals surface area contributed by atoms with Crippen LogP contribution >= 0.6 is 0 Å². The van der Waals surface area contributed by atoms with Gasteiger partial charge in [-0.1, -0.05) is 30.3 Å². The molecule has 2 atom stereocenters. The first-order chi connectivity index (χ1) is 15.4. The van der Waals surface area contributed by atoms with Crippen molar-refractivity contribution >= 4 is 22.8 Å². The maximum absolute atomic E-state index is 12.6. The zero-order valence-corrected chi connectivity index (χ0v) is 17.9. The van der Waals surface area contributed by atoms with E-state index in [4.69, 9.17) is 10.5 Å². The van der Waals surface area contributed by atoms with E-state index in [2.05, 4.69) is 15.3 Å². The highest BCUT2D eigenvalue weighted by Gasteiger charge is 2.22. The summed E-state index contributed by atoms with van der Waals surface area (Å²) in [6.07, 6.45) is 2.61. The number of carbonyl (C=O) groups excluding carboxylic acids is 1. The predicted octanol–water partition coefficient (Wildman–Crippen LogP) is 3.53. The van der Waals surface area contributed by atoms with E-state index >= 15 is 0 Å². The summed E-state index contributed by atoms with van der Waals surface area (Å²) in [5.74, 6) is 1.58. The van der Waals surface area contributed by atoms with Gasteiger partial charge in [-0.2, -0.15) is 0 Å². The number of para-hydroxylation sites is 1. The molecule has 4 N–H and O–H groups in total. The molecular weight excluding hydrogens is 406 g/mol. The Morgan fingerprint density at radius 2 is 1.78 bits per heavy atom. The Balaban J connectivity index is 1.68. The minimum atomic E-state index is -0.627. The lowest BCUT2D eigenvalue weighted by Crippen LogP contribution is -2.35. The van der Waals surface area contributed by atoms with E-state index < -0.39 is 12.1 Å². The Morgan fingerprint density at radius 1 is 1.09 bits per heavy atom. The highest BCUT2D eigenvalue weighted by atomic mass is 16.5. The van der Waals surface area contributed by atoms with Crippen LogP contribution in [0, 0.1) is 0 Å². The van der Waals surface area contributed by atoms with Crippen LogP contribution in [0.25, 0.3) is 22.2 Å². The molecule has 8 heteroatoms. The van der Waals surface area contributed by atoms with Crippen LogP contribution < -0.4 is 15.8 Å². The summed E-state index contributed by atoms with van der Waals surface area (Å²) in [4.78, 5) is 21.1. The first-order valence-electron chi connectivity index (χ1n) is 10.3. The highest BCUT2D eigenvalue weighted by Crippen LogP contribution is 2.35. The molecule has 164 valence electrons. The molecular formula is C24H25N5O3. The second-order valence-electron chi connectivity index (χ2n) is 7.62. The number of fused-ring (bicyclic) bond motifs is 1. The van der Waals surface area contributed by atoms with Crippen molar-refractivity contribution in [3.05, 3.63) is 67.1 Å². The maximum Gasteiger partial charge on any atom is 0.242 e. The van der Waals surface area contributed by atoms with Crippen molar-refractivity contribution in [1.82, 2.24) is 19.9 Å². The molecule has 0 saturated heterocycles. The molecule has 4 aromatic rings. The van der Waals surface area contributed by atoms with Crippen molar-refractivity contribution in [2.45, 2.75) is 26.0 Å². The van der Waals surface area contributed by atoms with Crippen LogP contribution in [0.1, 0.15) is 19.9 Å². The minimum Gasteiger partial charge on any atom is -0.457 e. The third-order valence-electron chi connectivity index (χ3n) is 5.15. The fourth-order valence-electron chi connectivity index (χ4n) is 3.47. The number of aliphatic hydroxyl groups is 1. The zero-order chi connectivity index (χ0) is 22.7. The fraction of sp³-hybridized carbons (Fsp3) is 0.208. The Morgan fingerprint density at radius 3 is 2.47 bits per heavy atom. The lowest BCUT2D eigenvalue weighted by Gasteiger charge is -2.15. The molecule has 0 radical (unpaired) electrons. The molecule has 0 aliphatic heterocycles. The summed E-state index contributed by atoms with van der Waals surface area (Å²) in [5.41, 5.74) is 8.47. The Hall–Kier alpha value is -3.91. The Labute approximate surface area is 185 Å². The van der Waals surface area contributed by atoms with Crippen LogP contribution in [0.3, 0.4) is 0 Å². The number of hydrogen-bond donors (Lipinski definition) is 3. The molecule has 0 aliphatic rings. The Kier molecular flexibility index (Phi) is 6.04. The normalized spacial score (nSPS) is 13.0. The van der Waals surface area contributed by atoms with Crippen LogP contribution in [-0.2, 0) is 4.79 Å². The lowest BCUT2D eigenvalue weighted by atomic mass is 10.1. The molecule has 0 spiro atoms. The Bertz CT molecular complexity index is 1220. The summed E-state index contributed by atoms with van der Waals surface area (Å²) in [6.45, 7) is 3.57. The van der Waals surface area contributed by atoms with Gasteiger partial charge in [0, 0.05) is 18.3 Å². The number of amides is 1. The van der Waals surface area contributed by atoms with Gasteiger partial charge in [-0.05, 0) is 43.7 Å². The number of aromatic nitrogens is 3. The molecule has 2 aromatic heterocycles. The van der Waals surface area contributed by atoms with Crippen LogP contribution in [0.4, 0.5) is 5.82 Å². The predicted molar refractivity (Wildman–Crippen MR) is 123 cm³/mol. The molecule has 0 fully saturated rings. The summed E-state index contributed by atoms with van der Waals surface area (Å²) in [7, 11) is 0. The first-order valence-corrected chi connectivity index (χ1v) is 10.3. The van der Waals surface area contributed by atoms with Gasteiger partial charge in [-0.25, -0.2) is 9.97 Å². The van der Waals surface area contributed by atoms with Crippen molar-refractivity contribution in [3.8, 4) is 22.6 Å². The monoisotopic (exact) mass is 431 g/mol. The number of hydrogen-bond acceptors (Lipinski definition) is 6. The number of nitrogens with one attached hydrogen (secondary N) is 1. The number of carbonyl (C=O) groups is 1. The average Bonchev–Trinajstić information content (AvgIpc) is 3.19. The van der Waals surface area contributed by atoms with Crippen LogP contribution in [0.15, 0.2) is 67.1 Å². The number of benzene rings is 2. The second-order valence-corrected chi connectivity index (χ2v) is 7.62. The minimum absolute atomic E-state index is 0.176. The summed E-state index contributed by atoms with van der Waals surface area (Å²) in [5, 5.41) is 12.9. The number of anilines is 1. The van der Waals surface area contributed by atoms with Crippen LogP contribution in [-0.4, -0.2) is 38.2 Å². The standard InChI is InChI=1S/C24H25N5O3/c1-15(30)12-26-24(31)16(2)29-13-20(21-22(25)27-14-28-23(21)29)17-8-10-19(11-9-17)32-18-6-4-3-5-7-18/h3-11,13-16,30H,12H2,1-2H3,(H,26,31)(H2,25,27,28)/t15?,16-/m1/s1. The number of nitrogen functional groups attached to an aromatic ring is 1. The van der Waals surface area contributed by atoms with Gasteiger partial charge >= 0.3 is 0 Å². The van der Waals surface area contributed by atoms with Gasteiger partial charge in [0.1, 0.15) is 35.3 Å². The summed E-state index contributed by atoms with van der Waals surface area (Å²) >= 11 is 0. The lowest BCUT2D eigenvalue weighted by molar-refractivity contribution is -0.124. The molecule has 8 nitrogen and oxygen atoms in total. The van der Waals surface area contributed by atoms with Crippen molar-refractivity contribution in [3.63, 3.8) is 0 Å². The first kappa shape index (κ1) is 21.3. The van der Waals surface area contributed by atoms with Gasteiger partial charge in [0.05, 0.1) is 11.5 Å². The van der Waals surface area contributed by atoms with Crippen molar-refractivity contribution in [2.75, 3.05) is 12.3 Å². The zero-order valence-electron chi connectivity index (χ0n) is 17.9. The van der Waals surface area contributed by atoms with E-state index in [-0.39, 0.29) is 12.5 Å². The molecule has 32 heavy (non-hydrogen) atoms. The van der Waals surface area contributed by atoms with Crippen molar-refractivity contribution < 1.29 is 14.6 Å². The summed E-state index contributed by atoms with van der Waals surface area (Å²) in [6, 6.07) is 16.6. The van der Waals surface area contributed by atoms with E-state index in [0.717, 1.165) is 16.9 Å². The van der Waals surface area contributed by atoms with Gasteiger partial charge in [0.25, 0.3) is 0 Å². The molecule has 0 saturated carbocycles. The van der Waals surface area contributed by atoms with Gasteiger partial charge in [0.15, 0.2) is 0 Å². The van der Waals surface area contributed by atoms with Crippen molar-refractivity contribution in [2.24, 2.45) is 0 Å². The van der Waals surface area contributed by atoms with E-state index in [9.17, 15) is 9.90 Å². The van der Waals surface area contributed by atoms with E-state index in [1.165, 1.54) is 6.33 Å². The molecule has 2 heterocycles. The van der Waals surface area contributed by atoms with Crippen LogP contribution in [0.2, 0.25) is 0 Å². The number of nitrogens with two attached hydrogens (primary N) is 1. The number of nitrogens with zero attached hydrogens (tertiary/aromatic N) is 3. The number of rotatable bonds is 7. The van der Waals surface area contributed by atoms with Gasteiger partial charge < -0.3 is 25.5 Å². The third kappa shape index (κ3) is 4.40. The van der Waals surface area contributed by atoms with Crippen LogP contribution in [0.5, 0.6) is 11.5 Å².